The van der Waals surface area contributed by atoms with Crippen LogP contribution in [0.3, 0.4) is 0 Å². The van der Waals surface area contributed by atoms with Gasteiger partial charge in [-0.05, 0) is 53.9 Å². The molecule has 0 unspecified atom stereocenters. The summed E-state index contributed by atoms with van der Waals surface area (Å²) in [5.74, 6) is 0.978. The third-order valence-corrected chi connectivity index (χ3v) is 5.95. The zero-order valence-corrected chi connectivity index (χ0v) is 18.4. The highest BCUT2D eigenvalue weighted by Crippen LogP contribution is 2.34. The Kier molecular flexibility index (Phi) is 6.49. The Bertz CT molecular complexity index is 1170. The SMILES string of the molecule is CCOc1ccc(/C=C2\SC(=O)N(CCOc3cccc4ccccc34)C2=O)cc1Cl. The number of ether oxygens (including phenoxy) is 2. The van der Waals surface area contributed by atoms with Crippen molar-refractivity contribution >= 4 is 51.4 Å². The molecule has 0 N–H and O–H groups in total. The quantitative estimate of drug-likeness (QED) is 0.410. The zero-order chi connectivity index (χ0) is 21.8. The summed E-state index contributed by atoms with van der Waals surface area (Å²) in [6, 6.07) is 19.0. The molecule has 1 heterocycles. The second-order valence-electron chi connectivity index (χ2n) is 6.78. The number of benzene rings is 3. The Morgan fingerprint density at radius 2 is 1.81 bits per heavy atom. The zero-order valence-electron chi connectivity index (χ0n) is 16.8. The summed E-state index contributed by atoms with van der Waals surface area (Å²) in [6.07, 6.45) is 1.66. The standard InChI is InChI=1S/C24H20ClNO4S/c1-2-29-21-11-10-16(14-19(21)25)15-22-23(27)26(24(28)31-22)12-13-30-20-9-5-7-17-6-3-4-8-18(17)20/h3-11,14-15H,2,12-13H2,1H3/b22-15-. The number of carbonyl (C=O) groups is 2. The van der Waals surface area contributed by atoms with Gasteiger partial charge in [0.15, 0.2) is 0 Å². The van der Waals surface area contributed by atoms with E-state index < -0.39 is 0 Å². The molecule has 1 aliphatic rings. The first-order valence-corrected chi connectivity index (χ1v) is 11.0. The van der Waals surface area contributed by atoms with Gasteiger partial charge in [0.1, 0.15) is 18.1 Å². The molecule has 0 radical (unpaired) electrons. The van der Waals surface area contributed by atoms with E-state index in [0.717, 1.165) is 33.8 Å². The van der Waals surface area contributed by atoms with E-state index in [4.69, 9.17) is 21.1 Å². The van der Waals surface area contributed by atoms with E-state index in [1.54, 1.807) is 24.3 Å². The average Bonchev–Trinajstić information content (AvgIpc) is 3.03. The molecular formula is C24H20ClNO4S. The maximum absolute atomic E-state index is 12.7. The fourth-order valence-corrected chi connectivity index (χ4v) is 4.40. The van der Waals surface area contributed by atoms with Crippen molar-refractivity contribution in [1.82, 2.24) is 4.90 Å². The Balaban J connectivity index is 1.42. The molecule has 5 nitrogen and oxygen atoms in total. The van der Waals surface area contributed by atoms with Crippen LogP contribution in [0.5, 0.6) is 11.5 Å². The lowest BCUT2D eigenvalue weighted by Gasteiger charge is -2.14. The van der Waals surface area contributed by atoms with Crippen molar-refractivity contribution in [2.24, 2.45) is 0 Å². The number of imide groups is 1. The normalized spacial score (nSPS) is 15.2. The van der Waals surface area contributed by atoms with Gasteiger partial charge in [-0.15, -0.1) is 0 Å². The van der Waals surface area contributed by atoms with Crippen LogP contribution in [0.4, 0.5) is 4.79 Å². The molecule has 31 heavy (non-hydrogen) atoms. The number of halogens is 1. The number of amides is 2. The van der Waals surface area contributed by atoms with E-state index in [0.29, 0.717) is 22.3 Å². The molecule has 3 aromatic rings. The maximum atomic E-state index is 12.7. The second-order valence-corrected chi connectivity index (χ2v) is 8.18. The largest absolute Gasteiger partial charge is 0.492 e. The lowest BCUT2D eigenvalue weighted by Crippen LogP contribution is -2.32. The highest BCUT2D eigenvalue weighted by Gasteiger charge is 2.34. The number of rotatable bonds is 7. The number of hydrogen-bond acceptors (Lipinski definition) is 5. The summed E-state index contributed by atoms with van der Waals surface area (Å²) in [5.41, 5.74) is 0.728. The van der Waals surface area contributed by atoms with Crippen LogP contribution in [0.25, 0.3) is 16.8 Å². The van der Waals surface area contributed by atoms with Gasteiger partial charge in [-0.3, -0.25) is 14.5 Å². The van der Waals surface area contributed by atoms with Gasteiger partial charge in [0, 0.05) is 5.39 Å². The number of carbonyl (C=O) groups excluding carboxylic acids is 2. The van der Waals surface area contributed by atoms with Gasteiger partial charge in [0.2, 0.25) is 0 Å². The molecular weight excluding hydrogens is 434 g/mol. The maximum Gasteiger partial charge on any atom is 0.293 e. The van der Waals surface area contributed by atoms with Crippen LogP contribution >= 0.6 is 23.4 Å². The van der Waals surface area contributed by atoms with Crippen LogP contribution in [-0.2, 0) is 4.79 Å². The predicted molar refractivity (Wildman–Crippen MR) is 125 cm³/mol. The van der Waals surface area contributed by atoms with E-state index in [-0.39, 0.29) is 24.3 Å². The van der Waals surface area contributed by atoms with E-state index in [1.165, 1.54) is 4.90 Å². The molecule has 1 fully saturated rings. The molecule has 1 saturated heterocycles. The minimum Gasteiger partial charge on any atom is -0.492 e. The highest BCUT2D eigenvalue weighted by atomic mass is 35.5. The predicted octanol–water partition coefficient (Wildman–Crippen LogP) is 6.01. The number of thioether (sulfide) groups is 1. The number of nitrogens with zero attached hydrogens (tertiary/aromatic N) is 1. The minimum atomic E-state index is -0.332. The van der Waals surface area contributed by atoms with E-state index in [9.17, 15) is 9.59 Å². The molecule has 0 aromatic heterocycles. The number of fused-ring (bicyclic) bond motifs is 1. The molecule has 1 aliphatic heterocycles. The molecule has 2 amide bonds. The Hall–Kier alpha value is -2.96. The van der Waals surface area contributed by atoms with Crippen LogP contribution in [0.2, 0.25) is 5.02 Å². The summed E-state index contributed by atoms with van der Waals surface area (Å²) in [5, 5.41) is 2.21. The van der Waals surface area contributed by atoms with E-state index in [2.05, 4.69) is 0 Å². The summed E-state index contributed by atoms with van der Waals surface area (Å²) in [7, 11) is 0. The first-order valence-electron chi connectivity index (χ1n) is 9.85. The minimum absolute atomic E-state index is 0.176. The van der Waals surface area contributed by atoms with Crippen molar-refractivity contribution in [3.63, 3.8) is 0 Å². The van der Waals surface area contributed by atoms with Crippen molar-refractivity contribution in [1.29, 1.82) is 0 Å². The first kappa shape index (κ1) is 21.3. The Morgan fingerprint density at radius 1 is 1.00 bits per heavy atom. The molecule has 0 spiro atoms. The van der Waals surface area contributed by atoms with Crippen molar-refractivity contribution < 1.29 is 19.1 Å². The molecule has 4 rings (SSSR count). The van der Waals surface area contributed by atoms with Crippen molar-refractivity contribution in [2.45, 2.75) is 6.92 Å². The van der Waals surface area contributed by atoms with Gasteiger partial charge in [-0.2, -0.15) is 0 Å². The summed E-state index contributed by atoms with van der Waals surface area (Å²) < 4.78 is 11.3. The van der Waals surface area contributed by atoms with Gasteiger partial charge in [0.05, 0.1) is 23.1 Å². The molecule has 0 saturated carbocycles. The topological polar surface area (TPSA) is 55.8 Å². The molecule has 0 aliphatic carbocycles. The van der Waals surface area contributed by atoms with E-state index in [1.807, 2.05) is 49.4 Å². The Labute approximate surface area is 189 Å². The lowest BCUT2D eigenvalue weighted by molar-refractivity contribution is -0.123. The summed E-state index contributed by atoms with van der Waals surface area (Å²) >= 11 is 7.13. The third kappa shape index (κ3) is 4.70. The second kappa shape index (κ2) is 9.45. The fourth-order valence-electron chi connectivity index (χ4n) is 3.29. The third-order valence-electron chi connectivity index (χ3n) is 4.75. The first-order chi connectivity index (χ1) is 15.1. The smallest absolute Gasteiger partial charge is 0.293 e. The molecule has 3 aromatic carbocycles. The van der Waals surface area contributed by atoms with Crippen LogP contribution in [0.15, 0.2) is 65.6 Å². The number of hydrogen-bond donors (Lipinski definition) is 0. The lowest BCUT2D eigenvalue weighted by atomic mass is 10.1. The van der Waals surface area contributed by atoms with Crippen LogP contribution in [-0.4, -0.2) is 35.8 Å². The van der Waals surface area contributed by atoms with Gasteiger partial charge in [-0.25, -0.2) is 0 Å². The summed E-state index contributed by atoms with van der Waals surface area (Å²) in [4.78, 5) is 26.7. The highest BCUT2D eigenvalue weighted by molar-refractivity contribution is 8.18. The molecule has 0 bridgehead atoms. The fraction of sp³-hybridized carbons (Fsp3) is 0.167. The van der Waals surface area contributed by atoms with Crippen molar-refractivity contribution in [3.8, 4) is 11.5 Å². The monoisotopic (exact) mass is 453 g/mol. The van der Waals surface area contributed by atoms with E-state index >= 15 is 0 Å². The summed E-state index contributed by atoms with van der Waals surface area (Å²) in [6.45, 7) is 2.78. The van der Waals surface area contributed by atoms with Gasteiger partial charge < -0.3 is 9.47 Å². The van der Waals surface area contributed by atoms with Gasteiger partial charge in [-0.1, -0.05) is 54.1 Å². The van der Waals surface area contributed by atoms with Gasteiger partial charge >= 0.3 is 0 Å². The van der Waals surface area contributed by atoms with Gasteiger partial charge in [0.25, 0.3) is 11.1 Å². The van der Waals surface area contributed by atoms with Crippen molar-refractivity contribution in [2.75, 3.05) is 19.8 Å². The average molecular weight is 454 g/mol. The molecule has 158 valence electrons. The van der Waals surface area contributed by atoms with Crippen LogP contribution in [0.1, 0.15) is 12.5 Å². The molecule has 7 heteroatoms. The Morgan fingerprint density at radius 3 is 2.61 bits per heavy atom. The van der Waals surface area contributed by atoms with Crippen LogP contribution in [0, 0.1) is 0 Å². The van der Waals surface area contributed by atoms with Crippen molar-refractivity contribution in [3.05, 3.63) is 76.2 Å². The molecule has 0 atom stereocenters. The van der Waals surface area contributed by atoms with Crippen LogP contribution < -0.4 is 9.47 Å².